The molecule has 0 saturated heterocycles. The summed E-state index contributed by atoms with van der Waals surface area (Å²) in [6.07, 6.45) is 0. The van der Waals surface area contributed by atoms with Crippen LogP contribution >= 0.6 is 23.6 Å². The highest BCUT2D eigenvalue weighted by Gasteiger charge is 2.10. The van der Waals surface area contributed by atoms with Crippen LogP contribution in [0.15, 0.2) is 54.6 Å². The van der Waals surface area contributed by atoms with Crippen LogP contribution in [0.3, 0.4) is 0 Å². The van der Waals surface area contributed by atoms with Crippen molar-refractivity contribution in [1.82, 2.24) is 0 Å². The number of rotatable bonds is 4. The van der Waals surface area contributed by atoms with Gasteiger partial charge >= 0.3 is 0 Å². The minimum absolute atomic E-state index is 0.261. The summed E-state index contributed by atoms with van der Waals surface area (Å²) in [5, 5.41) is 3.22. The van der Waals surface area contributed by atoms with Gasteiger partial charge in [0.2, 0.25) is 0 Å². The molecule has 0 fully saturated rings. The summed E-state index contributed by atoms with van der Waals surface area (Å²) in [5.41, 5.74) is 8.68. The minimum atomic E-state index is -0.261. The largest absolute Gasteiger partial charge is 0.389 e. The van der Waals surface area contributed by atoms with Crippen LogP contribution in [-0.4, -0.2) is 4.99 Å². The van der Waals surface area contributed by atoms with Crippen molar-refractivity contribution in [3.63, 3.8) is 0 Å². The molecule has 0 aliphatic heterocycles. The normalized spacial score (nSPS) is 10.5. The molecule has 0 aliphatic rings. The lowest BCUT2D eigenvalue weighted by Gasteiger charge is -2.09. The van der Waals surface area contributed by atoms with Crippen molar-refractivity contribution < 1.29 is 4.39 Å². The van der Waals surface area contributed by atoms with Gasteiger partial charge in [0.25, 0.3) is 0 Å². The lowest BCUT2D eigenvalue weighted by atomic mass is 10.0. The number of thiocarbonyl (C=S) groups is 1. The highest BCUT2D eigenvalue weighted by Crippen LogP contribution is 2.31. The number of nitrogens with two attached hydrogens (primary N) is 1. The van der Waals surface area contributed by atoms with Gasteiger partial charge in [0.05, 0.1) is 10.6 Å². The molecular formula is C18H15FN2S2. The second kappa shape index (κ2) is 6.48. The van der Waals surface area contributed by atoms with Crippen LogP contribution in [-0.2, 0) is 0 Å². The number of halogens is 1. The van der Waals surface area contributed by atoms with Crippen LogP contribution in [0.2, 0.25) is 0 Å². The molecule has 3 aromatic rings. The molecule has 1 aromatic heterocycles. The predicted molar refractivity (Wildman–Crippen MR) is 100 cm³/mol. The monoisotopic (exact) mass is 342 g/mol. The first-order valence-electron chi connectivity index (χ1n) is 7.07. The van der Waals surface area contributed by atoms with Crippen molar-refractivity contribution in [2.24, 2.45) is 5.73 Å². The second-order valence-corrected chi connectivity index (χ2v) is 6.83. The highest BCUT2D eigenvalue weighted by molar-refractivity contribution is 7.81. The number of benzene rings is 2. The Morgan fingerprint density at radius 1 is 1.13 bits per heavy atom. The van der Waals surface area contributed by atoms with Crippen LogP contribution in [0.4, 0.5) is 15.8 Å². The van der Waals surface area contributed by atoms with Crippen LogP contribution in [0, 0.1) is 12.7 Å². The molecule has 2 aromatic carbocycles. The summed E-state index contributed by atoms with van der Waals surface area (Å²) in [5.74, 6) is -0.261. The first-order chi connectivity index (χ1) is 11.0. The fourth-order valence-electron chi connectivity index (χ4n) is 2.33. The molecule has 0 aliphatic carbocycles. The van der Waals surface area contributed by atoms with Gasteiger partial charge < -0.3 is 11.1 Å². The van der Waals surface area contributed by atoms with Crippen molar-refractivity contribution >= 4 is 39.9 Å². The highest BCUT2D eigenvalue weighted by atomic mass is 32.1. The van der Waals surface area contributed by atoms with E-state index in [-0.39, 0.29) is 5.82 Å². The maximum absolute atomic E-state index is 14.4. The van der Waals surface area contributed by atoms with E-state index in [0.717, 1.165) is 21.0 Å². The quantitative estimate of drug-likeness (QED) is 0.637. The van der Waals surface area contributed by atoms with Gasteiger partial charge in [-0.1, -0.05) is 42.5 Å². The van der Waals surface area contributed by atoms with E-state index in [9.17, 15) is 4.39 Å². The second-order valence-electron chi connectivity index (χ2n) is 5.13. The van der Waals surface area contributed by atoms with Gasteiger partial charge in [0.1, 0.15) is 10.8 Å². The molecule has 5 heteroatoms. The number of aryl methyl sites for hydroxylation is 1. The van der Waals surface area contributed by atoms with Gasteiger partial charge in [-0.2, -0.15) is 0 Å². The van der Waals surface area contributed by atoms with E-state index >= 15 is 0 Å². The van der Waals surface area contributed by atoms with Gasteiger partial charge in [0.15, 0.2) is 0 Å². The number of hydrogen-bond acceptors (Lipinski definition) is 3. The topological polar surface area (TPSA) is 38.0 Å². The molecule has 116 valence electrons. The Bertz CT molecular complexity index is 857. The third-order valence-electron chi connectivity index (χ3n) is 3.49. The van der Waals surface area contributed by atoms with E-state index in [1.807, 2.05) is 49.4 Å². The molecule has 0 radical (unpaired) electrons. The lowest BCUT2D eigenvalue weighted by molar-refractivity contribution is 0.632. The third kappa shape index (κ3) is 3.41. The summed E-state index contributed by atoms with van der Waals surface area (Å²) >= 11 is 6.52. The minimum Gasteiger partial charge on any atom is -0.389 e. The van der Waals surface area contributed by atoms with Gasteiger partial charge in [-0.15, -0.1) is 11.3 Å². The van der Waals surface area contributed by atoms with Gasteiger partial charge in [0, 0.05) is 16.1 Å². The summed E-state index contributed by atoms with van der Waals surface area (Å²) in [6, 6.07) is 16.5. The molecule has 0 unspecified atom stereocenters. The Balaban J connectivity index is 1.88. The molecule has 3 N–H and O–H groups in total. The molecule has 1 heterocycles. The fourth-order valence-corrected chi connectivity index (χ4v) is 3.34. The Hall–Kier alpha value is -2.24. The van der Waals surface area contributed by atoms with E-state index in [1.54, 1.807) is 6.07 Å². The zero-order valence-corrected chi connectivity index (χ0v) is 14.1. The summed E-state index contributed by atoms with van der Waals surface area (Å²) in [4.78, 5) is 2.28. The SMILES string of the molecule is Cc1sc(C(N)=S)cc1Nc1ccc(-c2ccccc2)c(F)c1. The van der Waals surface area contributed by atoms with E-state index in [1.165, 1.54) is 17.4 Å². The van der Waals surface area contributed by atoms with Crippen molar-refractivity contribution in [3.8, 4) is 11.1 Å². The van der Waals surface area contributed by atoms with Gasteiger partial charge in [-0.05, 0) is 36.8 Å². The molecular weight excluding hydrogens is 327 g/mol. The van der Waals surface area contributed by atoms with E-state index in [4.69, 9.17) is 18.0 Å². The van der Waals surface area contributed by atoms with Crippen LogP contribution in [0.1, 0.15) is 9.75 Å². The third-order valence-corrected chi connectivity index (χ3v) is 4.93. The smallest absolute Gasteiger partial charge is 0.133 e. The summed E-state index contributed by atoms with van der Waals surface area (Å²) in [6.45, 7) is 1.98. The number of anilines is 2. The standard InChI is InChI=1S/C18H15FN2S2/c1-11-16(10-17(23-11)18(20)22)21-13-7-8-14(15(19)9-13)12-5-3-2-4-6-12/h2-10,21H,1H3,(H2,20,22). The average molecular weight is 342 g/mol. The number of hydrogen-bond donors (Lipinski definition) is 2. The first kappa shape index (κ1) is 15.6. The van der Waals surface area contributed by atoms with Crippen LogP contribution in [0.5, 0.6) is 0 Å². The van der Waals surface area contributed by atoms with Crippen molar-refractivity contribution in [3.05, 3.63) is 70.2 Å². The zero-order chi connectivity index (χ0) is 16.4. The zero-order valence-electron chi connectivity index (χ0n) is 12.5. The van der Waals surface area contributed by atoms with E-state index in [2.05, 4.69) is 5.32 Å². The average Bonchev–Trinajstić information content (AvgIpc) is 2.90. The Morgan fingerprint density at radius 3 is 2.48 bits per heavy atom. The summed E-state index contributed by atoms with van der Waals surface area (Å²) < 4.78 is 14.4. The molecule has 2 nitrogen and oxygen atoms in total. The van der Waals surface area contributed by atoms with E-state index < -0.39 is 0 Å². The Kier molecular flexibility index (Phi) is 4.41. The predicted octanol–water partition coefficient (Wildman–Crippen LogP) is 5.24. The van der Waals surface area contributed by atoms with Gasteiger partial charge in [-0.25, -0.2) is 4.39 Å². The lowest BCUT2D eigenvalue weighted by Crippen LogP contribution is -2.06. The van der Waals surface area contributed by atoms with E-state index in [0.29, 0.717) is 16.2 Å². The van der Waals surface area contributed by atoms with Crippen molar-refractivity contribution in [2.45, 2.75) is 6.92 Å². The summed E-state index contributed by atoms with van der Waals surface area (Å²) in [7, 11) is 0. The Labute approximate surface area is 143 Å². The molecule has 0 spiro atoms. The molecule has 0 atom stereocenters. The number of nitrogens with one attached hydrogen (secondary N) is 1. The first-order valence-corrected chi connectivity index (χ1v) is 8.29. The molecule has 0 bridgehead atoms. The maximum Gasteiger partial charge on any atom is 0.133 e. The fraction of sp³-hybridized carbons (Fsp3) is 0.0556. The Morgan fingerprint density at radius 2 is 1.87 bits per heavy atom. The van der Waals surface area contributed by atoms with Crippen molar-refractivity contribution in [2.75, 3.05) is 5.32 Å². The van der Waals surface area contributed by atoms with Crippen LogP contribution in [0.25, 0.3) is 11.1 Å². The van der Waals surface area contributed by atoms with Crippen molar-refractivity contribution in [1.29, 1.82) is 0 Å². The molecule has 23 heavy (non-hydrogen) atoms. The number of thiophene rings is 1. The van der Waals surface area contributed by atoms with Crippen LogP contribution < -0.4 is 11.1 Å². The molecule has 0 amide bonds. The van der Waals surface area contributed by atoms with Gasteiger partial charge in [-0.3, -0.25) is 0 Å². The molecule has 3 rings (SSSR count). The molecule has 0 saturated carbocycles. The maximum atomic E-state index is 14.4.